The van der Waals surface area contributed by atoms with Crippen LogP contribution in [0.15, 0.2) is 197 Å². The summed E-state index contributed by atoms with van der Waals surface area (Å²) in [6.07, 6.45) is 5.15. The number of carbonyl (C=O) groups is 4. The Kier molecular flexibility index (Phi) is 23.8. The number of nitrogens with zero attached hydrogens (tertiary/aromatic N) is 9. The zero-order chi connectivity index (χ0) is 87.4. The second kappa shape index (κ2) is 34.5. The van der Waals surface area contributed by atoms with Gasteiger partial charge in [0.1, 0.15) is 24.1 Å². The molecule has 22 nitrogen and oxygen atoms in total. The largest absolute Gasteiger partial charge is 0.448 e. The Hall–Kier alpha value is -12.2. The summed E-state index contributed by atoms with van der Waals surface area (Å²) in [6.45, 7) is 18.5. The van der Waals surface area contributed by atoms with Crippen LogP contribution in [0.3, 0.4) is 0 Å². The predicted octanol–water partition coefficient (Wildman–Crippen LogP) is 15.5. The van der Waals surface area contributed by atoms with Crippen LogP contribution in [-0.2, 0) is 64.7 Å². The SMILES string of the molecule is COCC(C)(C)c1c(-c2ccc(C(=O)N3CCC(S(C)(=O)=O)C3)cc2)c2cc3c(cc2n1-c1ccc(F)cc1)C=NC3.COCC(C)(C)c1c(-c2ccc(C(=O)N3C[C@H](O)[C@@H](O)C3)cc2)c2cc3c(cc2n1-c1ccc(F)cc1)C=NC3.COCC(C)(C)c1c(-c2ccc(C(=O)NCCN3CCOC3=O)cc2)c2cc3c(cc2n1-c1ccc(F)cc1)C=NC3. The number of carbonyl (C=O) groups excluding carboxylic acids is 4. The lowest BCUT2D eigenvalue weighted by molar-refractivity contribution is 0.0572. The summed E-state index contributed by atoms with van der Waals surface area (Å²) in [7, 11) is 1.86. The van der Waals surface area contributed by atoms with Gasteiger partial charge in [0.05, 0.1) is 80.0 Å². The van der Waals surface area contributed by atoms with Gasteiger partial charge in [-0.05, 0) is 202 Å². The van der Waals surface area contributed by atoms with Gasteiger partial charge in [-0.2, -0.15) is 0 Å². The highest BCUT2D eigenvalue weighted by molar-refractivity contribution is 7.91. The number of aromatic nitrogens is 3. The van der Waals surface area contributed by atoms with Gasteiger partial charge in [-0.15, -0.1) is 0 Å². The molecule has 0 aliphatic carbocycles. The lowest BCUT2D eigenvalue weighted by Gasteiger charge is -2.28. The van der Waals surface area contributed by atoms with Gasteiger partial charge in [-0.3, -0.25) is 29.4 Å². The predicted molar refractivity (Wildman–Crippen MR) is 477 cm³/mol. The normalized spacial score (nSPS) is 16.6. The van der Waals surface area contributed by atoms with Crippen molar-refractivity contribution in [1.29, 1.82) is 0 Å². The number of rotatable bonds is 22. The number of halogens is 3. The van der Waals surface area contributed by atoms with Crippen molar-refractivity contribution in [2.24, 2.45) is 15.0 Å². The zero-order valence-electron chi connectivity index (χ0n) is 70.9. The third-order valence-electron chi connectivity index (χ3n) is 24.2. The topological polar surface area (TPSA) is 253 Å². The van der Waals surface area contributed by atoms with Crippen molar-refractivity contribution in [3.8, 4) is 50.4 Å². The molecule has 0 saturated carbocycles. The highest BCUT2D eigenvalue weighted by Crippen LogP contribution is 2.49. The van der Waals surface area contributed by atoms with Crippen LogP contribution in [0.25, 0.3) is 83.2 Å². The van der Waals surface area contributed by atoms with Gasteiger partial charge in [0.2, 0.25) is 0 Å². The fourth-order valence-electron chi connectivity index (χ4n) is 18.3. The molecule has 9 aromatic carbocycles. The first-order chi connectivity index (χ1) is 59.4. The van der Waals surface area contributed by atoms with Crippen LogP contribution in [0, 0.1) is 17.5 Å². The summed E-state index contributed by atoms with van der Waals surface area (Å²) in [5.74, 6) is -1.51. The van der Waals surface area contributed by atoms with Gasteiger partial charge < -0.3 is 62.9 Å². The molecule has 3 atom stereocenters. The monoisotopic (exact) mass is 1700 g/mol. The van der Waals surface area contributed by atoms with E-state index in [1.54, 1.807) is 79.7 Å². The molecule has 3 aromatic heterocycles. The van der Waals surface area contributed by atoms with E-state index in [2.05, 4.69) is 112 Å². The number of sulfone groups is 1. The van der Waals surface area contributed by atoms with E-state index < -0.39 is 43.5 Å². The molecule has 3 N–H and O–H groups in total. The number of aliphatic hydroxyl groups excluding tert-OH is 2. The molecule has 640 valence electrons. The molecule has 0 spiro atoms. The number of aliphatic hydroxyl groups is 2. The number of aliphatic imine (C=N–C) groups is 3. The molecule has 26 heteroatoms. The molecule has 6 aliphatic rings. The van der Waals surface area contributed by atoms with Gasteiger partial charge in [0, 0.05) is 185 Å². The molecule has 4 amide bonds. The molecule has 0 bridgehead atoms. The van der Waals surface area contributed by atoms with E-state index in [0.717, 1.165) is 134 Å². The van der Waals surface area contributed by atoms with Gasteiger partial charge in [0.15, 0.2) is 9.84 Å². The Bertz CT molecular complexity index is 6350. The summed E-state index contributed by atoms with van der Waals surface area (Å²) in [4.78, 5) is 69.0. The second-order valence-electron chi connectivity index (χ2n) is 34.6. The van der Waals surface area contributed by atoms with Crippen molar-refractivity contribution in [3.63, 3.8) is 0 Å². The molecular weight excluding hydrogens is 1600 g/mol. The number of nitrogens with one attached hydrogen (secondary N) is 1. The first-order valence-electron chi connectivity index (χ1n) is 41.5. The molecular formula is C98H99F3N10O12S. The molecule has 3 saturated heterocycles. The van der Waals surface area contributed by atoms with Crippen molar-refractivity contribution >= 4 is 85.0 Å². The van der Waals surface area contributed by atoms with E-state index in [9.17, 15) is 51.0 Å². The van der Waals surface area contributed by atoms with Crippen LogP contribution in [-0.4, -0.2) is 207 Å². The zero-order valence-corrected chi connectivity index (χ0v) is 71.8. The van der Waals surface area contributed by atoms with Gasteiger partial charge >= 0.3 is 6.09 Å². The maximum absolute atomic E-state index is 14.0. The maximum atomic E-state index is 14.0. The highest BCUT2D eigenvalue weighted by atomic mass is 32.2. The molecule has 18 rings (SSSR count). The Morgan fingerprint density at radius 1 is 0.484 bits per heavy atom. The smallest absolute Gasteiger partial charge is 0.409 e. The van der Waals surface area contributed by atoms with Crippen molar-refractivity contribution in [3.05, 3.63) is 267 Å². The van der Waals surface area contributed by atoms with Gasteiger partial charge in [-0.1, -0.05) is 77.9 Å². The summed E-state index contributed by atoms with van der Waals surface area (Å²) in [5.41, 5.74) is 21.2. The highest BCUT2D eigenvalue weighted by Gasteiger charge is 2.40. The lowest BCUT2D eigenvalue weighted by atomic mass is 9.84. The van der Waals surface area contributed by atoms with Crippen molar-refractivity contribution < 1.29 is 69.9 Å². The van der Waals surface area contributed by atoms with Crippen LogP contribution >= 0.6 is 0 Å². The van der Waals surface area contributed by atoms with E-state index >= 15 is 0 Å². The molecule has 1 unspecified atom stereocenters. The quantitative estimate of drug-likeness (QED) is 0.0573. The Balaban J connectivity index is 0.000000138. The number of hydrogen-bond donors (Lipinski definition) is 3. The minimum atomic E-state index is -3.20. The number of likely N-dealkylation sites (tertiary alicyclic amines) is 2. The lowest BCUT2D eigenvalue weighted by Crippen LogP contribution is -2.35. The molecule has 12 aromatic rings. The first kappa shape index (κ1) is 85.4. The van der Waals surface area contributed by atoms with Crippen LogP contribution in [0.2, 0.25) is 0 Å². The standard InChI is InChI=1S/C33H33FN4O4.C33H34FN3O4S.C32H32FN3O4/c1-33(2,20-41-3)30-29(21-4-6-22(7-5-21)31(39)36-12-13-37-14-15-42-32(37)40)27-16-23-18-35-19-24(23)17-28(27)38(30)26-10-8-25(34)9-11-26;1-33(2,20-41-3)31-30(21-5-7-22(8-6-21)32(38)36-14-13-27(19-36)42(4,39)40)28-15-23-17-35-18-24(23)16-29(28)37(31)26-11-9-25(34)10-12-26;1-32(2,18-40-3)30-29(19-4-6-20(7-5-19)31(39)35-16-27(37)28(38)17-35)25-12-21-14-34-15-22(21)13-26(25)36(30)24-10-8-23(33)9-11-24/h4-11,16-17,19H,12-15,18,20H2,1-3H3,(H,36,39);5-12,15-16,18,27H,13-14,17,19-20H2,1-4H3;4-13,15,27-28,37-38H,14,16-18H2,1-3H3/t;;27-,28-/m..0/s1. The van der Waals surface area contributed by atoms with Crippen molar-refractivity contribution in [2.75, 3.05) is 99.8 Å². The fraction of sp³-hybridized carbons (Fsp3) is 0.316. The van der Waals surface area contributed by atoms with E-state index in [0.29, 0.717) is 95.4 Å². The average Bonchev–Trinajstić information content (AvgIpc) is 1.57. The number of ether oxygens (including phenoxy) is 4. The Labute approximate surface area is 717 Å². The van der Waals surface area contributed by atoms with Crippen LogP contribution < -0.4 is 5.32 Å². The number of cyclic esters (lactones) is 1. The number of hydrogen-bond acceptors (Lipinski definition) is 15. The number of methoxy groups -OCH3 is 3. The molecule has 3 fully saturated rings. The number of amides is 4. The molecule has 0 radical (unpaired) electrons. The Morgan fingerprint density at radius 2 is 0.831 bits per heavy atom. The summed E-state index contributed by atoms with van der Waals surface area (Å²) >= 11 is 0. The van der Waals surface area contributed by atoms with E-state index in [1.165, 1.54) is 47.6 Å². The number of fused-ring (bicyclic) bond motifs is 6. The summed E-state index contributed by atoms with van der Waals surface area (Å²) in [5, 5.41) is 25.3. The van der Waals surface area contributed by atoms with Crippen molar-refractivity contribution in [2.45, 2.75) is 101 Å². The first-order valence-corrected chi connectivity index (χ1v) is 43.4. The van der Waals surface area contributed by atoms with Crippen LogP contribution in [0.4, 0.5) is 18.0 Å². The fourth-order valence-corrected chi connectivity index (χ4v) is 19.3. The van der Waals surface area contributed by atoms with Crippen molar-refractivity contribution in [1.82, 2.24) is 33.7 Å². The van der Waals surface area contributed by atoms with Crippen LogP contribution in [0.1, 0.15) is 129 Å². The van der Waals surface area contributed by atoms with E-state index in [1.807, 2.05) is 79.3 Å². The summed E-state index contributed by atoms with van der Waals surface area (Å²) < 4.78 is 94.6. The average molecular weight is 1700 g/mol. The van der Waals surface area contributed by atoms with E-state index in [-0.39, 0.29) is 60.9 Å². The third kappa shape index (κ3) is 16.7. The third-order valence-corrected chi connectivity index (χ3v) is 25.8. The number of β-amino-alcohol motifs (C(OH)–C–C–N with tert-alkyl or cyclic N) is 2. The van der Waals surface area contributed by atoms with E-state index in [4.69, 9.17) is 18.9 Å². The molecule has 6 aliphatic heterocycles. The molecule has 124 heavy (non-hydrogen) atoms. The minimum Gasteiger partial charge on any atom is -0.448 e. The van der Waals surface area contributed by atoms with Crippen LogP contribution in [0.5, 0.6) is 0 Å². The minimum absolute atomic E-state index is 0.107. The Morgan fingerprint density at radius 3 is 1.15 bits per heavy atom. The number of benzene rings is 9. The van der Waals surface area contributed by atoms with Gasteiger partial charge in [0.25, 0.3) is 17.7 Å². The van der Waals surface area contributed by atoms with Gasteiger partial charge in [-0.25, -0.2) is 26.4 Å². The summed E-state index contributed by atoms with van der Waals surface area (Å²) in [6, 6.07) is 55.1. The molecule has 9 heterocycles. The second-order valence-corrected chi connectivity index (χ2v) is 36.9. The maximum Gasteiger partial charge on any atom is 0.409 e.